The summed E-state index contributed by atoms with van der Waals surface area (Å²) in [6, 6.07) is 3.71. The number of hydrogen-bond acceptors (Lipinski definition) is 5. The van der Waals surface area contributed by atoms with Gasteiger partial charge in [-0.25, -0.2) is 0 Å². The average molecular weight is 274 g/mol. The van der Waals surface area contributed by atoms with Crippen molar-refractivity contribution in [2.24, 2.45) is 0 Å². The first kappa shape index (κ1) is 12.9. The largest absolute Gasteiger partial charge is 0.408 e. The van der Waals surface area contributed by atoms with E-state index in [1.54, 1.807) is 12.3 Å². The van der Waals surface area contributed by atoms with Crippen molar-refractivity contribution in [2.45, 2.75) is 44.6 Å². The lowest BCUT2D eigenvalue weighted by Gasteiger charge is -2.17. The van der Waals surface area contributed by atoms with Gasteiger partial charge in [-0.1, -0.05) is 30.4 Å². The minimum Gasteiger partial charge on any atom is -0.408 e. The molecule has 2 N–H and O–H groups in total. The molecule has 2 heterocycles. The molecule has 1 saturated carbocycles. The molecule has 0 saturated heterocycles. The van der Waals surface area contributed by atoms with E-state index in [0.717, 1.165) is 24.3 Å². The molecule has 3 rings (SSSR count). The van der Waals surface area contributed by atoms with Crippen LogP contribution >= 0.6 is 0 Å². The molecule has 1 fully saturated rings. The Hall–Kier alpha value is -2.11. The van der Waals surface area contributed by atoms with Gasteiger partial charge >= 0.3 is 6.01 Å². The molecule has 6 nitrogen and oxygen atoms in total. The fourth-order valence-electron chi connectivity index (χ4n) is 2.55. The van der Waals surface area contributed by atoms with Crippen molar-refractivity contribution in [2.75, 3.05) is 5.32 Å². The van der Waals surface area contributed by atoms with Crippen LogP contribution in [0.1, 0.15) is 49.5 Å². The summed E-state index contributed by atoms with van der Waals surface area (Å²) in [5, 5.41) is 11.2. The highest BCUT2D eigenvalue weighted by Crippen LogP contribution is 2.32. The summed E-state index contributed by atoms with van der Waals surface area (Å²) in [6.45, 7) is 0.545. The van der Waals surface area contributed by atoms with Gasteiger partial charge in [-0.3, -0.25) is 4.79 Å². The van der Waals surface area contributed by atoms with Gasteiger partial charge in [-0.15, -0.1) is 5.10 Å². The van der Waals surface area contributed by atoms with Crippen molar-refractivity contribution in [1.82, 2.24) is 15.2 Å². The fourth-order valence-corrected chi connectivity index (χ4v) is 2.55. The number of pyridine rings is 1. The molecule has 0 atom stereocenters. The summed E-state index contributed by atoms with van der Waals surface area (Å²) in [4.78, 5) is 13.6. The van der Waals surface area contributed by atoms with Gasteiger partial charge < -0.3 is 14.7 Å². The van der Waals surface area contributed by atoms with Crippen LogP contribution in [0, 0.1) is 0 Å². The van der Waals surface area contributed by atoms with Crippen LogP contribution in [0.25, 0.3) is 0 Å². The Bertz CT molecular complexity index is 593. The summed E-state index contributed by atoms with van der Waals surface area (Å²) in [5.41, 5.74) is 0.855. The zero-order chi connectivity index (χ0) is 13.8. The Morgan fingerprint density at radius 3 is 2.85 bits per heavy atom. The number of hydrogen-bond donors (Lipinski definition) is 2. The Morgan fingerprint density at radius 1 is 1.25 bits per heavy atom. The van der Waals surface area contributed by atoms with Crippen LogP contribution in [-0.4, -0.2) is 15.2 Å². The molecule has 1 aliphatic rings. The molecule has 0 unspecified atom stereocenters. The summed E-state index contributed by atoms with van der Waals surface area (Å²) in [5.74, 6) is 1.16. The maximum absolute atomic E-state index is 11.0. The van der Waals surface area contributed by atoms with Crippen LogP contribution in [0.3, 0.4) is 0 Å². The number of nitrogens with zero attached hydrogens (tertiary/aromatic N) is 2. The topological polar surface area (TPSA) is 83.8 Å². The highest BCUT2D eigenvalue weighted by Gasteiger charge is 2.21. The molecule has 2 aromatic rings. The molecule has 0 spiro atoms. The molecule has 0 amide bonds. The second-order valence-electron chi connectivity index (χ2n) is 5.20. The number of H-pyrrole nitrogens is 1. The van der Waals surface area contributed by atoms with E-state index in [4.69, 9.17) is 4.42 Å². The van der Waals surface area contributed by atoms with E-state index in [0.29, 0.717) is 18.5 Å². The molecular weight excluding hydrogens is 256 g/mol. The Kier molecular flexibility index (Phi) is 3.80. The molecule has 1 aliphatic carbocycles. The first-order chi connectivity index (χ1) is 9.81. The number of aromatic amines is 1. The number of aromatic nitrogens is 3. The second-order valence-corrected chi connectivity index (χ2v) is 5.20. The van der Waals surface area contributed by atoms with Crippen molar-refractivity contribution in [3.63, 3.8) is 0 Å². The van der Waals surface area contributed by atoms with Gasteiger partial charge in [0.25, 0.3) is 0 Å². The number of nitrogens with one attached hydrogen (secondary N) is 2. The van der Waals surface area contributed by atoms with Gasteiger partial charge in [0.2, 0.25) is 11.4 Å². The number of rotatable bonds is 4. The molecule has 6 heteroatoms. The molecule has 106 valence electrons. The van der Waals surface area contributed by atoms with Crippen LogP contribution < -0.4 is 10.9 Å². The molecule has 20 heavy (non-hydrogen) atoms. The van der Waals surface area contributed by atoms with Gasteiger partial charge in [0.15, 0.2) is 0 Å². The van der Waals surface area contributed by atoms with Gasteiger partial charge in [0.1, 0.15) is 0 Å². The van der Waals surface area contributed by atoms with E-state index < -0.39 is 0 Å². The normalized spacial score (nSPS) is 16.2. The second kappa shape index (κ2) is 5.90. The van der Waals surface area contributed by atoms with Crippen molar-refractivity contribution >= 4 is 6.01 Å². The lowest BCUT2D eigenvalue weighted by molar-refractivity contribution is 0.367. The molecule has 2 aromatic heterocycles. The van der Waals surface area contributed by atoms with Crippen molar-refractivity contribution in [3.05, 3.63) is 40.1 Å². The smallest absolute Gasteiger partial charge is 0.315 e. The van der Waals surface area contributed by atoms with Crippen LogP contribution in [0.2, 0.25) is 0 Å². The average Bonchev–Trinajstić information content (AvgIpc) is 2.97. The number of anilines is 1. The molecule has 0 aliphatic heterocycles. The van der Waals surface area contributed by atoms with Gasteiger partial charge in [0, 0.05) is 24.7 Å². The van der Waals surface area contributed by atoms with E-state index in [2.05, 4.69) is 20.5 Å². The minimum absolute atomic E-state index is 0.105. The Labute approximate surface area is 116 Å². The van der Waals surface area contributed by atoms with E-state index in [1.807, 2.05) is 0 Å². The SMILES string of the molecule is O=c1ccc(CNc2nnc(C3CCCCC3)o2)c[nH]1. The molecule has 0 aromatic carbocycles. The lowest BCUT2D eigenvalue weighted by atomic mass is 9.89. The first-order valence-corrected chi connectivity index (χ1v) is 7.06. The third-order valence-electron chi connectivity index (χ3n) is 3.69. The van der Waals surface area contributed by atoms with Crippen LogP contribution in [0.5, 0.6) is 0 Å². The quantitative estimate of drug-likeness (QED) is 0.894. The third kappa shape index (κ3) is 3.07. The zero-order valence-corrected chi connectivity index (χ0v) is 11.3. The summed E-state index contributed by atoms with van der Waals surface area (Å²) >= 11 is 0. The zero-order valence-electron chi connectivity index (χ0n) is 11.3. The van der Waals surface area contributed by atoms with Crippen LogP contribution in [0.4, 0.5) is 6.01 Å². The van der Waals surface area contributed by atoms with Crippen molar-refractivity contribution in [3.8, 4) is 0 Å². The first-order valence-electron chi connectivity index (χ1n) is 7.06. The van der Waals surface area contributed by atoms with Crippen LogP contribution in [-0.2, 0) is 6.54 Å². The Morgan fingerprint density at radius 2 is 2.10 bits per heavy atom. The molecule has 0 bridgehead atoms. The summed E-state index contributed by atoms with van der Waals surface area (Å²) < 4.78 is 5.66. The monoisotopic (exact) mass is 274 g/mol. The highest BCUT2D eigenvalue weighted by molar-refractivity contribution is 5.22. The highest BCUT2D eigenvalue weighted by atomic mass is 16.4. The van der Waals surface area contributed by atoms with E-state index in [9.17, 15) is 4.79 Å². The van der Waals surface area contributed by atoms with E-state index >= 15 is 0 Å². The predicted octanol–water partition coefficient (Wildman–Crippen LogP) is 2.42. The Balaban J connectivity index is 1.59. The minimum atomic E-state index is -0.105. The van der Waals surface area contributed by atoms with Gasteiger partial charge in [0.05, 0.1) is 0 Å². The predicted molar refractivity (Wildman–Crippen MR) is 74.5 cm³/mol. The third-order valence-corrected chi connectivity index (χ3v) is 3.69. The van der Waals surface area contributed by atoms with Gasteiger partial charge in [-0.05, 0) is 18.4 Å². The fraction of sp³-hybridized carbons (Fsp3) is 0.500. The summed E-state index contributed by atoms with van der Waals surface area (Å²) in [7, 11) is 0. The van der Waals surface area contributed by atoms with Crippen molar-refractivity contribution in [1.29, 1.82) is 0 Å². The van der Waals surface area contributed by atoms with Gasteiger partial charge in [-0.2, -0.15) is 0 Å². The molecule has 0 radical (unpaired) electrons. The van der Waals surface area contributed by atoms with Crippen LogP contribution in [0.15, 0.2) is 27.5 Å². The van der Waals surface area contributed by atoms with Crippen molar-refractivity contribution < 1.29 is 4.42 Å². The van der Waals surface area contributed by atoms with E-state index in [1.165, 1.54) is 25.3 Å². The summed E-state index contributed by atoms with van der Waals surface area (Å²) in [6.07, 6.45) is 7.75. The molecular formula is C14H18N4O2. The maximum atomic E-state index is 11.0. The van der Waals surface area contributed by atoms with E-state index in [-0.39, 0.29) is 5.56 Å². The lowest BCUT2D eigenvalue weighted by Crippen LogP contribution is -2.06. The standard InChI is InChI=1S/C14H18N4O2/c19-12-7-6-10(8-15-12)9-16-14-18-17-13(20-14)11-4-2-1-3-5-11/h6-8,11H,1-5,9H2,(H,15,19)(H,16,18). The maximum Gasteiger partial charge on any atom is 0.315 e.